The van der Waals surface area contributed by atoms with E-state index >= 15 is 0 Å². The van der Waals surface area contributed by atoms with Gasteiger partial charge in [0.1, 0.15) is 11.5 Å². The summed E-state index contributed by atoms with van der Waals surface area (Å²) >= 11 is 0. The van der Waals surface area contributed by atoms with Crippen LogP contribution < -0.4 is 5.32 Å². The molecule has 2 fully saturated rings. The first-order valence-corrected chi connectivity index (χ1v) is 9.15. The van der Waals surface area contributed by atoms with E-state index in [0.717, 1.165) is 0 Å². The summed E-state index contributed by atoms with van der Waals surface area (Å²) in [6.45, 7) is 2.16. The van der Waals surface area contributed by atoms with Gasteiger partial charge in [0.15, 0.2) is 5.79 Å². The molecule has 1 aromatic carbocycles. The molecule has 8 heteroatoms. The zero-order valence-electron chi connectivity index (χ0n) is 15.2. The van der Waals surface area contributed by atoms with Crippen molar-refractivity contribution in [1.82, 2.24) is 9.88 Å². The van der Waals surface area contributed by atoms with E-state index < -0.39 is 17.5 Å². The van der Waals surface area contributed by atoms with Crippen LogP contribution in [0.25, 0.3) is 0 Å². The smallest absolute Gasteiger partial charge is 0.272 e. The molecule has 146 valence electrons. The van der Waals surface area contributed by atoms with Gasteiger partial charge in [-0.2, -0.15) is 0 Å². The predicted molar refractivity (Wildman–Crippen MR) is 98.4 cm³/mol. The van der Waals surface area contributed by atoms with Crippen molar-refractivity contribution in [2.75, 3.05) is 31.6 Å². The lowest BCUT2D eigenvalue weighted by atomic mass is 10.0. The molecule has 1 N–H and O–H groups in total. The number of halogens is 1. The number of carbonyl (C=O) groups excluding carboxylic acids is 2. The second-order valence-corrected chi connectivity index (χ2v) is 6.79. The Bertz CT molecular complexity index is 889. The standard InChI is InChI=1S/C20H20FN3O4/c21-15-2-1-3-16(13-15)23-18(25)14-4-7-22-17(12-14)19(26)24-8-5-20(6-9-24)27-10-11-28-20/h1-4,7,12-13H,5-6,8-11H2,(H,23,25). The van der Waals surface area contributed by atoms with Crippen molar-refractivity contribution in [3.63, 3.8) is 0 Å². The Kier molecular flexibility index (Phi) is 5.06. The van der Waals surface area contributed by atoms with Gasteiger partial charge in [-0.05, 0) is 30.3 Å². The second kappa shape index (κ2) is 7.65. The quantitative estimate of drug-likeness (QED) is 0.878. The van der Waals surface area contributed by atoms with Gasteiger partial charge in [-0.1, -0.05) is 6.07 Å². The van der Waals surface area contributed by atoms with E-state index in [-0.39, 0.29) is 17.2 Å². The number of hydrogen-bond donors (Lipinski definition) is 1. The highest BCUT2D eigenvalue weighted by Crippen LogP contribution is 2.31. The van der Waals surface area contributed by atoms with Gasteiger partial charge in [0.2, 0.25) is 0 Å². The molecule has 0 unspecified atom stereocenters. The number of aromatic nitrogens is 1. The Balaban J connectivity index is 1.43. The van der Waals surface area contributed by atoms with Crippen molar-refractivity contribution in [1.29, 1.82) is 0 Å². The maximum Gasteiger partial charge on any atom is 0.272 e. The summed E-state index contributed by atoms with van der Waals surface area (Å²) in [4.78, 5) is 31.0. The van der Waals surface area contributed by atoms with E-state index in [9.17, 15) is 14.0 Å². The summed E-state index contributed by atoms with van der Waals surface area (Å²) in [5.41, 5.74) is 0.808. The van der Waals surface area contributed by atoms with Crippen molar-refractivity contribution >= 4 is 17.5 Å². The van der Waals surface area contributed by atoms with Crippen LogP contribution >= 0.6 is 0 Å². The van der Waals surface area contributed by atoms with Crippen LogP contribution in [0, 0.1) is 5.82 Å². The number of piperidine rings is 1. The van der Waals surface area contributed by atoms with Crippen LogP contribution in [-0.4, -0.2) is 53.8 Å². The Morgan fingerprint density at radius 2 is 1.86 bits per heavy atom. The molecule has 2 aliphatic rings. The van der Waals surface area contributed by atoms with E-state index in [0.29, 0.717) is 44.8 Å². The summed E-state index contributed by atoms with van der Waals surface area (Å²) in [5.74, 6) is -1.68. The highest BCUT2D eigenvalue weighted by Gasteiger charge is 2.41. The van der Waals surface area contributed by atoms with Crippen molar-refractivity contribution in [2.24, 2.45) is 0 Å². The van der Waals surface area contributed by atoms with E-state index in [4.69, 9.17) is 9.47 Å². The van der Waals surface area contributed by atoms with Gasteiger partial charge in [-0.3, -0.25) is 14.6 Å². The van der Waals surface area contributed by atoms with Crippen molar-refractivity contribution in [2.45, 2.75) is 18.6 Å². The molecule has 1 spiro atoms. The third-order valence-electron chi connectivity index (χ3n) is 4.95. The number of likely N-dealkylation sites (tertiary alicyclic amines) is 1. The van der Waals surface area contributed by atoms with Crippen LogP contribution in [0.3, 0.4) is 0 Å². The number of carbonyl (C=O) groups is 2. The molecule has 0 saturated carbocycles. The highest BCUT2D eigenvalue weighted by molar-refractivity contribution is 6.05. The number of rotatable bonds is 3. The molecule has 2 aromatic rings. The minimum absolute atomic E-state index is 0.191. The second-order valence-electron chi connectivity index (χ2n) is 6.79. The van der Waals surface area contributed by atoms with Crippen LogP contribution in [-0.2, 0) is 9.47 Å². The van der Waals surface area contributed by atoms with Gasteiger partial charge in [-0.15, -0.1) is 0 Å². The first-order chi connectivity index (χ1) is 13.5. The molecule has 1 aromatic heterocycles. The summed E-state index contributed by atoms with van der Waals surface area (Å²) in [6.07, 6.45) is 2.64. The summed E-state index contributed by atoms with van der Waals surface area (Å²) < 4.78 is 24.6. The van der Waals surface area contributed by atoms with Crippen LogP contribution in [0.2, 0.25) is 0 Å². The number of ether oxygens (including phenoxy) is 2. The molecular weight excluding hydrogens is 365 g/mol. The number of anilines is 1. The molecule has 4 rings (SSSR count). The Morgan fingerprint density at radius 3 is 2.57 bits per heavy atom. The molecular formula is C20H20FN3O4. The molecule has 2 aliphatic heterocycles. The normalized spacial score (nSPS) is 18.2. The van der Waals surface area contributed by atoms with Crippen LogP contribution in [0.5, 0.6) is 0 Å². The highest BCUT2D eigenvalue weighted by atomic mass is 19.1. The number of amides is 2. The van der Waals surface area contributed by atoms with Crippen LogP contribution in [0.15, 0.2) is 42.6 Å². The van der Waals surface area contributed by atoms with Crippen molar-refractivity contribution in [3.8, 4) is 0 Å². The molecule has 28 heavy (non-hydrogen) atoms. The summed E-state index contributed by atoms with van der Waals surface area (Å²) in [6, 6.07) is 8.57. The third-order valence-corrected chi connectivity index (χ3v) is 4.95. The molecule has 0 aliphatic carbocycles. The monoisotopic (exact) mass is 385 g/mol. The minimum Gasteiger partial charge on any atom is -0.347 e. The lowest BCUT2D eigenvalue weighted by Crippen LogP contribution is -2.47. The maximum atomic E-state index is 13.3. The number of hydrogen-bond acceptors (Lipinski definition) is 5. The van der Waals surface area contributed by atoms with Gasteiger partial charge in [0.25, 0.3) is 11.8 Å². The van der Waals surface area contributed by atoms with Crippen molar-refractivity contribution in [3.05, 3.63) is 59.7 Å². The van der Waals surface area contributed by atoms with Gasteiger partial charge in [0, 0.05) is 43.4 Å². The molecule has 2 amide bonds. The fraction of sp³-hybridized carbons (Fsp3) is 0.350. The Labute approximate surface area is 161 Å². The summed E-state index contributed by atoms with van der Waals surface area (Å²) in [7, 11) is 0. The van der Waals surface area contributed by atoms with Gasteiger partial charge in [0.05, 0.1) is 13.2 Å². The molecule has 7 nitrogen and oxygen atoms in total. The molecule has 0 radical (unpaired) electrons. The zero-order chi connectivity index (χ0) is 19.6. The SMILES string of the molecule is O=C(Nc1cccc(F)c1)c1ccnc(C(=O)N2CCC3(CC2)OCCO3)c1. The largest absolute Gasteiger partial charge is 0.347 e. The fourth-order valence-corrected chi connectivity index (χ4v) is 3.46. The maximum absolute atomic E-state index is 13.3. The van der Waals surface area contributed by atoms with Gasteiger partial charge in [-0.25, -0.2) is 4.39 Å². The van der Waals surface area contributed by atoms with E-state index in [1.165, 1.54) is 36.5 Å². The van der Waals surface area contributed by atoms with Crippen molar-refractivity contribution < 1.29 is 23.5 Å². The molecule has 0 bridgehead atoms. The first kappa shape index (κ1) is 18.5. The summed E-state index contributed by atoms with van der Waals surface area (Å²) in [5, 5.41) is 2.61. The topological polar surface area (TPSA) is 80.8 Å². The lowest BCUT2D eigenvalue weighted by molar-refractivity contribution is -0.181. The Morgan fingerprint density at radius 1 is 1.11 bits per heavy atom. The number of pyridine rings is 1. The number of nitrogens with one attached hydrogen (secondary N) is 1. The molecule has 0 atom stereocenters. The zero-order valence-corrected chi connectivity index (χ0v) is 15.2. The minimum atomic E-state index is -0.559. The number of nitrogens with zero attached hydrogens (tertiary/aromatic N) is 2. The molecule has 3 heterocycles. The average Bonchev–Trinajstić information content (AvgIpc) is 3.16. The third kappa shape index (κ3) is 3.88. The first-order valence-electron chi connectivity index (χ1n) is 9.15. The van der Waals surface area contributed by atoms with Crippen LogP contribution in [0.4, 0.5) is 10.1 Å². The van der Waals surface area contributed by atoms with E-state index in [1.807, 2.05) is 0 Å². The lowest BCUT2D eigenvalue weighted by Gasteiger charge is -2.37. The van der Waals surface area contributed by atoms with Crippen LogP contribution in [0.1, 0.15) is 33.7 Å². The predicted octanol–water partition coefficient (Wildman–Crippen LogP) is 2.45. The average molecular weight is 385 g/mol. The Hall–Kier alpha value is -2.84. The van der Waals surface area contributed by atoms with Gasteiger partial charge < -0.3 is 19.7 Å². The van der Waals surface area contributed by atoms with Gasteiger partial charge >= 0.3 is 0 Å². The number of benzene rings is 1. The van der Waals surface area contributed by atoms with E-state index in [2.05, 4.69) is 10.3 Å². The van der Waals surface area contributed by atoms with E-state index in [1.54, 1.807) is 11.0 Å². The molecule has 2 saturated heterocycles. The fourth-order valence-electron chi connectivity index (χ4n) is 3.46.